The van der Waals surface area contributed by atoms with E-state index in [9.17, 15) is 13.2 Å². The number of hydrogen-bond acceptors (Lipinski definition) is 4. The first-order chi connectivity index (χ1) is 12.4. The molecule has 0 unspecified atom stereocenters. The van der Waals surface area contributed by atoms with Gasteiger partial charge in [-0.05, 0) is 67.6 Å². The van der Waals surface area contributed by atoms with Crippen LogP contribution in [-0.2, 0) is 21.2 Å². The summed E-state index contributed by atoms with van der Waals surface area (Å²) in [5.41, 5.74) is 8.49. The fourth-order valence-electron chi connectivity index (χ4n) is 3.28. The van der Waals surface area contributed by atoms with Crippen LogP contribution in [0.15, 0.2) is 47.4 Å². The van der Waals surface area contributed by atoms with Gasteiger partial charge in [0.05, 0.1) is 10.6 Å². The van der Waals surface area contributed by atoms with Crippen LogP contribution in [-0.4, -0.2) is 20.9 Å². The van der Waals surface area contributed by atoms with Crippen LogP contribution < -0.4 is 15.4 Å². The summed E-state index contributed by atoms with van der Waals surface area (Å²) < 4.78 is 27.8. The van der Waals surface area contributed by atoms with Crippen LogP contribution in [0.5, 0.6) is 0 Å². The summed E-state index contributed by atoms with van der Waals surface area (Å²) in [4.78, 5) is 14.5. The monoisotopic (exact) mass is 371 g/mol. The van der Waals surface area contributed by atoms with E-state index in [0.717, 1.165) is 36.9 Å². The lowest BCUT2D eigenvalue weighted by molar-refractivity contribution is -0.119. The van der Waals surface area contributed by atoms with Crippen molar-refractivity contribution in [2.45, 2.75) is 30.6 Å². The summed E-state index contributed by atoms with van der Waals surface area (Å²) in [6.45, 7) is 0.691. The molecule has 2 aromatic carbocycles. The van der Waals surface area contributed by atoms with E-state index < -0.39 is 10.0 Å². The predicted molar refractivity (Wildman–Crippen MR) is 102 cm³/mol. The van der Waals surface area contributed by atoms with E-state index in [1.165, 1.54) is 12.1 Å². The predicted octanol–water partition coefficient (Wildman–Crippen LogP) is 2.76. The van der Waals surface area contributed by atoms with Gasteiger partial charge in [0.25, 0.3) is 10.0 Å². The highest BCUT2D eigenvalue weighted by molar-refractivity contribution is 7.92. The third-order valence-corrected chi connectivity index (χ3v) is 6.24. The Morgan fingerprint density at radius 1 is 1.12 bits per heavy atom. The molecule has 0 atom stereocenters. The number of sulfonamides is 1. The lowest BCUT2D eigenvalue weighted by atomic mass is 10.0. The minimum atomic E-state index is -3.71. The molecule has 7 heteroatoms. The molecule has 1 fully saturated rings. The molecule has 1 aliphatic heterocycles. The van der Waals surface area contributed by atoms with Gasteiger partial charge in [0.15, 0.2) is 0 Å². The Morgan fingerprint density at radius 2 is 1.85 bits per heavy atom. The van der Waals surface area contributed by atoms with Gasteiger partial charge in [-0.1, -0.05) is 6.07 Å². The zero-order valence-electron chi connectivity index (χ0n) is 14.3. The second-order valence-electron chi connectivity index (χ2n) is 6.89. The third kappa shape index (κ3) is 3.26. The van der Waals surface area contributed by atoms with Gasteiger partial charge in [-0.25, -0.2) is 8.42 Å². The summed E-state index contributed by atoms with van der Waals surface area (Å²) in [6, 6.07) is 11.5. The highest BCUT2D eigenvalue weighted by atomic mass is 32.2. The number of amides is 1. The summed E-state index contributed by atoms with van der Waals surface area (Å²) in [5.74, 6) is 0.292. The van der Waals surface area contributed by atoms with E-state index in [-0.39, 0.29) is 16.7 Å². The average molecular weight is 371 g/mol. The molecule has 0 spiro atoms. The number of nitrogens with two attached hydrogens (primary N) is 1. The van der Waals surface area contributed by atoms with Crippen LogP contribution in [0, 0.1) is 5.92 Å². The minimum absolute atomic E-state index is 0.135. The van der Waals surface area contributed by atoms with Crippen molar-refractivity contribution in [2.24, 2.45) is 5.92 Å². The fourth-order valence-corrected chi connectivity index (χ4v) is 4.33. The van der Waals surface area contributed by atoms with Gasteiger partial charge in [0, 0.05) is 23.8 Å². The molecule has 2 aliphatic rings. The van der Waals surface area contributed by atoms with Gasteiger partial charge in [0.1, 0.15) is 0 Å². The molecule has 0 aromatic heterocycles. The van der Waals surface area contributed by atoms with Crippen molar-refractivity contribution in [2.75, 3.05) is 21.9 Å². The Bertz CT molecular complexity index is 950. The molecule has 4 rings (SSSR count). The van der Waals surface area contributed by atoms with Crippen LogP contribution in [0.1, 0.15) is 24.8 Å². The Morgan fingerprint density at radius 3 is 2.54 bits per heavy atom. The first kappa shape index (κ1) is 16.9. The zero-order chi connectivity index (χ0) is 18.3. The number of fused-ring (bicyclic) bond motifs is 1. The van der Waals surface area contributed by atoms with Gasteiger partial charge in [-0.15, -0.1) is 0 Å². The number of carbonyl (C=O) groups is 1. The van der Waals surface area contributed by atoms with Crippen molar-refractivity contribution in [3.63, 3.8) is 0 Å². The van der Waals surface area contributed by atoms with Crippen LogP contribution in [0.3, 0.4) is 0 Å². The molecule has 3 N–H and O–H groups in total. The van der Waals surface area contributed by atoms with Crippen LogP contribution in [0.25, 0.3) is 0 Å². The number of carbonyl (C=O) groups excluding carboxylic acids is 1. The summed E-state index contributed by atoms with van der Waals surface area (Å²) in [5, 5.41) is 0. The number of aryl methyl sites for hydroxylation is 1. The topological polar surface area (TPSA) is 92.5 Å². The molecule has 2 aromatic rings. The largest absolute Gasteiger partial charge is 0.399 e. The molecule has 1 amide bonds. The Labute approximate surface area is 153 Å². The summed E-state index contributed by atoms with van der Waals surface area (Å²) in [7, 11) is -3.71. The number of nitrogen functional groups attached to an aromatic ring is 1. The first-order valence-electron chi connectivity index (χ1n) is 8.77. The molecular formula is C19H21N3O3S. The number of anilines is 3. The average Bonchev–Trinajstić information content (AvgIpc) is 3.46. The maximum absolute atomic E-state index is 12.6. The van der Waals surface area contributed by atoms with Gasteiger partial charge in [-0.2, -0.15) is 0 Å². The van der Waals surface area contributed by atoms with Crippen molar-refractivity contribution in [3.8, 4) is 0 Å². The fraction of sp³-hybridized carbons (Fsp3) is 0.316. The smallest absolute Gasteiger partial charge is 0.261 e. The quantitative estimate of drug-likeness (QED) is 0.808. The molecule has 0 bridgehead atoms. The Kier molecular flexibility index (Phi) is 4.11. The highest BCUT2D eigenvalue weighted by Gasteiger charge is 2.35. The SMILES string of the molecule is Nc1ccc(S(=O)(=O)Nc2ccc3c(c2)N(C(=O)C2CC2)CCC3)cc1. The molecule has 1 heterocycles. The lowest BCUT2D eigenvalue weighted by Gasteiger charge is -2.30. The molecule has 1 saturated carbocycles. The first-order valence-corrected chi connectivity index (χ1v) is 10.2. The standard InChI is InChI=1S/C19H21N3O3S/c20-15-6-9-17(10-7-15)26(24,25)21-16-8-5-13-2-1-11-22(18(13)12-16)19(23)14-3-4-14/h5-10,12,14,21H,1-4,11,20H2. The Hall–Kier alpha value is -2.54. The zero-order valence-corrected chi connectivity index (χ0v) is 15.1. The van der Waals surface area contributed by atoms with E-state index in [0.29, 0.717) is 17.9 Å². The van der Waals surface area contributed by atoms with Crippen molar-refractivity contribution >= 4 is 33.0 Å². The molecule has 26 heavy (non-hydrogen) atoms. The van der Waals surface area contributed by atoms with Crippen molar-refractivity contribution in [3.05, 3.63) is 48.0 Å². The van der Waals surface area contributed by atoms with Gasteiger partial charge in [-0.3, -0.25) is 9.52 Å². The number of nitrogens with one attached hydrogen (secondary N) is 1. The van der Waals surface area contributed by atoms with E-state index in [1.54, 1.807) is 24.3 Å². The summed E-state index contributed by atoms with van der Waals surface area (Å²) >= 11 is 0. The molecule has 0 saturated heterocycles. The lowest BCUT2D eigenvalue weighted by Crippen LogP contribution is -2.36. The van der Waals surface area contributed by atoms with Crippen LogP contribution >= 0.6 is 0 Å². The summed E-state index contributed by atoms with van der Waals surface area (Å²) in [6.07, 6.45) is 3.74. The van der Waals surface area contributed by atoms with Gasteiger partial charge >= 0.3 is 0 Å². The van der Waals surface area contributed by atoms with E-state index in [4.69, 9.17) is 5.73 Å². The molecular weight excluding hydrogens is 350 g/mol. The third-order valence-electron chi connectivity index (χ3n) is 4.84. The minimum Gasteiger partial charge on any atom is -0.399 e. The van der Waals surface area contributed by atoms with Gasteiger partial charge < -0.3 is 10.6 Å². The van der Waals surface area contributed by atoms with Crippen molar-refractivity contribution in [1.29, 1.82) is 0 Å². The number of hydrogen-bond donors (Lipinski definition) is 2. The number of rotatable bonds is 4. The van der Waals surface area contributed by atoms with Crippen LogP contribution in [0.2, 0.25) is 0 Å². The normalized spacial score (nSPS) is 16.8. The maximum Gasteiger partial charge on any atom is 0.261 e. The molecule has 136 valence electrons. The molecule has 1 aliphatic carbocycles. The number of nitrogens with zero attached hydrogens (tertiary/aromatic N) is 1. The van der Waals surface area contributed by atoms with E-state index in [2.05, 4.69) is 4.72 Å². The maximum atomic E-state index is 12.6. The highest BCUT2D eigenvalue weighted by Crippen LogP contribution is 2.37. The van der Waals surface area contributed by atoms with E-state index >= 15 is 0 Å². The van der Waals surface area contributed by atoms with Crippen molar-refractivity contribution in [1.82, 2.24) is 0 Å². The molecule has 6 nitrogen and oxygen atoms in total. The molecule has 0 radical (unpaired) electrons. The van der Waals surface area contributed by atoms with Gasteiger partial charge in [0.2, 0.25) is 5.91 Å². The number of benzene rings is 2. The van der Waals surface area contributed by atoms with Crippen LogP contribution in [0.4, 0.5) is 17.1 Å². The Balaban J connectivity index is 1.63. The second kappa shape index (κ2) is 6.32. The second-order valence-corrected chi connectivity index (χ2v) is 8.57. The van der Waals surface area contributed by atoms with E-state index in [1.807, 2.05) is 11.0 Å². The van der Waals surface area contributed by atoms with Crippen molar-refractivity contribution < 1.29 is 13.2 Å².